The van der Waals surface area contributed by atoms with Crippen molar-refractivity contribution in [3.05, 3.63) is 59.9 Å². The summed E-state index contributed by atoms with van der Waals surface area (Å²) in [5.41, 5.74) is 0.203. The first-order valence-corrected chi connectivity index (χ1v) is 10.7. The molecule has 1 N–H and O–H groups in total. The van der Waals surface area contributed by atoms with Gasteiger partial charge >= 0.3 is 5.97 Å². The van der Waals surface area contributed by atoms with Gasteiger partial charge in [0.1, 0.15) is 13.2 Å². The molecule has 1 atom stereocenters. The van der Waals surface area contributed by atoms with E-state index in [1.54, 1.807) is 12.1 Å². The van der Waals surface area contributed by atoms with Gasteiger partial charge in [0.2, 0.25) is 10.0 Å². The Morgan fingerprint density at radius 3 is 2.59 bits per heavy atom. The molecule has 1 heterocycles. The molecule has 1 fully saturated rings. The zero-order chi connectivity index (χ0) is 20.7. The Kier molecular flexibility index (Phi) is 7.18. The van der Waals surface area contributed by atoms with Crippen molar-refractivity contribution in [1.29, 1.82) is 0 Å². The summed E-state index contributed by atoms with van der Waals surface area (Å²) in [6, 6.07) is 11.4. The van der Waals surface area contributed by atoms with E-state index in [0.717, 1.165) is 12.8 Å². The zero-order valence-electron chi connectivity index (χ0n) is 15.7. The van der Waals surface area contributed by atoms with Gasteiger partial charge in [0.15, 0.2) is 11.6 Å². The highest BCUT2D eigenvalue weighted by Gasteiger charge is 2.20. The number of para-hydroxylation sites is 1. The summed E-state index contributed by atoms with van der Waals surface area (Å²) in [6.07, 6.45) is 1.65. The van der Waals surface area contributed by atoms with Gasteiger partial charge in [-0.2, -0.15) is 0 Å². The van der Waals surface area contributed by atoms with Crippen molar-refractivity contribution in [2.24, 2.45) is 0 Å². The number of benzene rings is 2. The molecule has 0 aliphatic carbocycles. The molecule has 0 radical (unpaired) electrons. The van der Waals surface area contributed by atoms with Crippen LogP contribution in [0.1, 0.15) is 23.2 Å². The van der Waals surface area contributed by atoms with Gasteiger partial charge in [0.05, 0.1) is 16.6 Å². The maximum atomic E-state index is 13.4. The van der Waals surface area contributed by atoms with Crippen LogP contribution in [0.15, 0.2) is 53.4 Å². The number of hydrogen-bond acceptors (Lipinski definition) is 6. The van der Waals surface area contributed by atoms with Gasteiger partial charge < -0.3 is 14.2 Å². The van der Waals surface area contributed by atoms with Crippen molar-refractivity contribution in [2.45, 2.75) is 23.8 Å². The summed E-state index contributed by atoms with van der Waals surface area (Å²) < 4.78 is 56.2. The summed E-state index contributed by atoms with van der Waals surface area (Å²) in [5.74, 6) is -1.05. The molecular formula is C20H22FNO6S. The summed E-state index contributed by atoms with van der Waals surface area (Å²) in [7, 11) is -3.68. The Bertz CT molecular complexity index is 926. The number of ether oxygens (including phenoxy) is 3. The third kappa shape index (κ3) is 5.99. The van der Waals surface area contributed by atoms with E-state index in [-0.39, 0.29) is 42.1 Å². The SMILES string of the molecule is O=C(OCCOc1ccccc1F)c1ccc(S(=O)(=O)NCC2CCCO2)cc1. The maximum absolute atomic E-state index is 13.4. The molecule has 1 aliphatic heterocycles. The fraction of sp³-hybridized carbons (Fsp3) is 0.350. The van der Waals surface area contributed by atoms with Crippen LogP contribution in [0.5, 0.6) is 5.75 Å². The summed E-state index contributed by atoms with van der Waals surface area (Å²) >= 11 is 0. The molecule has 0 aromatic heterocycles. The molecule has 0 amide bonds. The van der Waals surface area contributed by atoms with Crippen LogP contribution in [0.4, 0.5) is 4.39 Å². The van der Waals surface area contributed by atoms with E-state index >= 15 is 0 Å². The predicted molar refractivity (Wildman–Crippen MR) is 103 cm³/mol. The lowest BCUT2D eigenvalue weighted by molar-refractivity contribution is 0.0448. The molecule has 1 aliphatic rings. The normalized spacial score (nSPS) is 16.5. The second-order valence-electron chi connectivity index (χ2n) is 6.43. The van der Waals surface area contributed by atoms with Gasteiger partial charge in [-0.3, -0.25) is 0 Å². The molecule has 1 unspecified atom stereocenters. The fourth-order valence-electron chi connectivity index (χ4n) is 2.79. The van der Waals surface area contributed by atoms with Crippen LogP contribution in [0.2, 0.25) is 0 Å². The molecule has 156 valence electrons. The van der Waals surface area contributed by atoms with Gasteiger partial charge in [-0.25, -0.2) is 22.3 Å². The van der Waals surface area contributed by atoms with Crippen LogP contribution in [-0.2, 0) is 19.5 Å². The highest BCUT2D eigenvalue weighted by atomic mass is 32.2. The highest BCUT2D eigenvalue weighted by Crippen LogP contribution is 2.16. The highest BCUT2D eigenvalue weighted by molar-refractivity contribution is 7.89. The minimum atomic E-state index is -3.68. The van der Waals surface area contributed by atoms with Gasteiger partial charge in [-0.1, -0.05) is 12.1 Å². The van der Waals surface area contributed by atoms with E-state index in [1.807, 2.05) is 0 Å². The van der Waals surface area contributed by atoms with Crippen LogP contribution in [0, 0.1) is 5.82 Å². The molecule has 9 heteroatoms. The minimum Gasteiger partial charge on any atom is -0.487 e. The Balaban J connectivity index is 1.47. The van der Waals surface area contributed by atoms with E-state index in [0.29, 0.717) is 6.61 Å². The predicted octanol–water partition coefficient (Wildman–Crippen LogP) is 2.52. The first-order chi connectivity index (χ1) is 14.0. The van der Waals surface area contributed by atoms with Gasteiger partial charge in [-0.05, 0) is 49.2 Å². The number of nitrogens with one attached hydrogen (secondary N) is 1. The van der Waals surface area contributed by atoms with E-state index in [1.165, 1.54) is 36.4 Å². The van der Waals surface area contributed by atoms with Crippen molar-refractivity contribution >= 4 is 16.0 Å². The van der Waals surface area contributed by atoms with Crippen LogP contribution >= 0.6 is 0 Å². The van der Waals surface area contributed by atoms with Crippen LogP contribution in [-0.4, -0.2) is 46.9 Å². The first kappa shape index (κ1) is 21.2. The number of rotatable bonds is 9. The topological polar surface area (TPSA) is 90.9 Å². The van der Waals surface area contributed by atoms with Crippen LogP contribution in [0.25, 0.3) is 0 Å². The van der Waals surface area contributed by atoms with Gasteiger partial charge in [0, 0.05) is 13.2 Å². The third-order valence-corrected chi connectivity index (χ3v) is 5.78. The monoisotopic (exact) mass is 423 g/mol. The quantitative estimate of drug-likeness (QED) is 0.492. The maximum Gasteiger partial charge on any atom is 0.338 e. The summed E-state index contributed by atoms with van der Waals surface area (Å²) in [4.78, 5) is 12.1. The molecular weight excluding hydrogens is 401 g/mol. The molecule has 7 nitrogen and oxygen atoms in total. The van der Waals surface area contributed by atoms with Crippen molar-refractivity contribution < 1.29 is 31.8 Å². The lowest BCUT2D eigenvalue weighted by Gasteiger charge is -2.12. The summed E-state index contributed by atoms with van der Waals surface area (Å²) in [5, 5.41) is 0. The third-order valence-electron chi connectivity index (χ3n) is 4.34. The van der Waals surface area contributed by atoms with Crippen molar-refractivity contribution in [2.75, 3.05) is 26.4 Å². The number of carbonyl (C=O) groups excluding carboxylic acids is 1. The first-order valence-electron chi connectivity index (χ1n) is 9.21. The van der Waals surface area contributed by atoms with Gasteiger partial charge in [-0.15, -0.1) is 0 Å². The lowest BCUT2D eigenvalue weighted by atomic mass is 10.2. The van der Waals surface area contributed by atoms with E-state index in [9.17, 15) is 17.6 Å². The zero-order valence-corrected chi connectivity index (χ0v) is 16.5. The average molecular weight is 423 g/mol. The van der Waals surface area contributed by atoms with E-state index in [4.69, 9.17) is 14.2 Å². The lowest BCUT2D eigenvalue weighted by Crippen LogP contribution is -2.31. The molecule has 0 bridgehead atoms. The Morgan fingerprint density at radius 1 is 1.14 bits per heavy atom. The van der Waals surface area contributed by atoms with Gasteiger partial charge in [0.25, 0.3) is 0 Å². The number of carbonyl (C=O) groups is 1. The Labute approximate surface area is 168 Å². The number of halogens is 1. The van der Waals surface area contributed by atoms with E-state index < -0.39 is 21.8 Å². The fourth-order valence-corrected chi connectivity index (χ4v) is 3.86. The van der Waals surface area contributed by atoms with Crippen molar-refractivity contribution in [3.8, 4) is 5.75 Å². The summed E-state index contributed by atoms with van der Waals surface area (Å²) in [6.45, 7) is 0.783. The largest absolute Gasteiger partial charge is 0.487 e. The number of sulfonamides is 1. The molecule has 2 aromatic carbocycles. The smallest absolute Gasteiger partial charge is 0.338 e. The second-order valence-corrected chi connectivity index (χ2v) is 8.19. The molecule has 3 rings (SSSR count). The molecule has 29 heavy (non-hydrogen) atoms. The number of hydrogen-bond donors (Lipinski definition) is 1. The minimum absolute atomic E-state index is 0.00765. The van der Waals surface area contributed by atoms with E-state index in [2.05, 4.69) is 4.72 Å². The van der Waals surface area contributed by atoms with Crippen molar-refractivity contribution in [1.82, 2.24) is 4.72 Å². The van der Waals surface area contributed by atoms with Crippen LogP contribution in [0.3, 0.4) is 0 Å². The standard InChI is InChI=1S/C20H22FNO6S/c21-18-5-1-2-6-19(18)27-12-13-28-20(23)15-7-9-17(10-8-15)29(24,25)22-14-16-4-3-11-26-16/h1-2,5-10,16,22H,3-4,11-14H2. The average Bonchev–Trinajstić information content (AvgIpc) is 3.25. The number of esters is 1. The molecule has 2 aromatic rings. The molecule has 1 saturated heterocycles. The Hall–Kier alpha value is -2.49. The Morgan fingerprint density at radius 2 is 1.90 bits per heavy atom. The molecule has 0 saturated carbocycles. The van der Waals surface area contributed by atoms with Crippen LogP contribution < -0.4 is 9.46 Å². The second kappa shape index (κ2) is 9.82. The molecule has 0 spiro atoms. The van der Waals surface area contributed by atoms with Crippen molar-refractivity contribution in [3.63, 3.8) is 0 Å².